The van der Waals surface area contributed by atoms with E-state index in [2.05, 4.69) is 16.0 Å². The zero-order valence-electron chi connectivity index (χ0n) is 11.4. The molecule has 0 spiro atoms. The topological polar surface area (TPSA) is 70.9 Å². The third kappa shape index (κ3) is 1.86. The third-order valence-electron chi connectivity index (χ3n) is 3.59. The first-order valence-corrected chi connectivity index (χ1v) is 6.39. The van der Waals surface area contributed by atoms with Gasteiger partial charge in [-0.25, -0.2) is 4.98 Å². The van der Waals surface area contributed by atoms with Crippen molar-refractivity contribution in [1.29, 1.82) is 5.26 Å². The van der Waals surface area contributed by atoms with Crippen LogP contribution in [0, 0.1) is 18.3 Å². The van der Waals surface area contributed by atoms with Gasteiger partial charge in [-0.2, -0.15) is 5.26 Å². The van der Waals surface area contributed by atoms with Gasteiger partial charge in [-0.15, -0.1) is 0 Å². The molecule has 0 radical (unpaired) electrons. The van der Waals surface area contributed by atoms with Gasteiger partial charge in [0.2, 0.25) is 0 Å². The maximum absolute atomic E-state index is 9.33. The van der Waals surface area contributed by atoms with Gasteiger partial charge >= 0.3 is 0 Å². The molecule has 2 heterocycles. The fourth-order valence-electron chi connectivity index (χ4n) is 2.30. The molecule has 0 atom stereocenters. The summed E-state index contributed by atoms with van der Waals surface area (Å²) in [5, 5.41) is 9.33. The first-order chi connectivity index (χ1) is 9.68. The summed E-state index contributed by atoms with van der Waals surface area (Å²) in [4.78, 5) is 7.83. The normalized spacial score (nSPS) is 16.2. The summed E-state index contributed by atoms with van der Waals surface area (Å²) in [5.74, 6) is 1.47. The van der Waals surface area contributed by atoms with Crippen LogP contribution in [0.4, 0.5) is 0 Å². The first-order valence-electron chi connectivity index (χ1n) is 6.39. The van der Waals surface area contributed by atoms with Crippen molar-refractivity contribution < 1.29 is 9.47 Å². The molecular formula is C15H15N3O2. The van der Waals surface area contributed by atoms with Crippen molar-refractivity contribution in [2.24, 2.45) is 0 Å². The Bertz CT molecular complexity index is 681. The molecular weight excluding hydrogens is 254 g/mol. The Morgan fingerprint density at radius 2 is 2.25 bits per heavy atom. The molecule has 1 aromatic heterocycles. The molecule has 5 heteroatoms. The molecule has 3 rings (SSSR count). The van der Waals surface area contributed by atoms with E-state index in [1.165, 1.54) is 0 Å². The van der Waals surface area contributed by atoms with Gasteiger partial charge < -0.3 is 14.5 Å². The predicted octanol–water partition coefficient (Wildman–Crippen LogP) is 2.19. The van der Waals surface area contributed by atoms with Gasteiger partial charge in [0, 0.05) is 11.3 Å². The lowest BCUT2D eigenvalue weighted by atomic mass is 9.87. The van der Waals surface area contributed by atoms with Crippen LogP contribution >= 0.6 is 0 Å². The van der Waals surface area contributed by atoms with E-state index in [9.17, 15) is 5.26 Å². The Morgan fingerprint density at radius 1 is 1.45 bits per heavy atom. The van der Waals surface area contributed by atoms with Crippen LogP contribution < -0.4 is 4.74 Å². The van der Waals surface area contributed by atoms with E-state index in [4.69, 9.17) is 9.47 Å². The number of aromatic amines is 1. The fraction of sp³-hybridized carbons (Fsp3) is 0.333. The quantitative estimate of drug-likeness (QED) is 0.927. The van der Waals surface area contributed by atoms with Crippen LogP contribution in [0.25, 0.3) is 11.3 Å². The molecule has 1 N–H and O–H groups in total. The van der Waals surface area contributed by atoms with Gasteiger partial charge in [0.1, 0.15) is 11.6 Å². The summed E-state index contributed by atoms with van der Waals surface area (Å²) in [6.45, 7) is 2.75. The summed E-state index contributed by atoms with van der Waals surface area (Å²) in [7, 11) is 1.64. The molecule has 1 aliphatic heterocycles. The van der Waals surface area contributed by atoms with Crippen molar-refractivity contribution in [3.05, 3.63) is 35.8 Å². The molecule has 1 aliphatic rings. The molecule has 1 aromatic carbocycles. The van der Waals surface area contributed by atoms with E-state index < -0.39 is 5.41 Å². The minimum absolute atomic E-state index is 0.397. The molecule has 1 saturated heterocycles. The average molecular weight is 269 g/mol. The molecule has 0 aliphatic carbocycles. The van der Waals surface area contributed by atoms with Crippen LogP contribution in [0.1, 0.15) is 11.5 Å². The van der Waals surface area contributed by atoms with E-state index >= 15 is 0 Å². The number of imidazole rings is 1. The van der Waals surface area contributed by atoms with Crippen molar-refractivity contribution in [2.45, 2.75) is 12.3 Å². The number of ether oxygens (including phenoxy) is 2. The van der Waals surface area contributed by atoms with Crippen molar-refractivity contribution in [3.63, 3.8) is 0 Å². The predicted molar refractivity (Wildman–Crippen MR) is 73.4 cm³/mol. The number of nitriles is 1. The molecule has 0 bridgehead atoms. The van der Waals surface area contributed by atoms with Gasteiger partial charge in [-0.3, -0.25) is 0 Å². The SMILES string of the molecule is COc1cccc(-c2nc(C3(C#N)COC3)[nH]c2C)c1. The van der Waals surface area contributed by atoms with Gasteiger partial charge in [0.05, 0.1) is 32.1 Å². The highest BCUT2D eigenvalue weighted by molar-refractivity contribution is 5.64. The lowest BCUT2D eigenvalue weighted by molar-refractivity contribution is -0.0335. The number of H-pyrrole nitrogens is 1. The van der Waals surface area contributed by atoms with Crippen molar-refractivity contribution in [2.75, 3.05) is 20.3 Å². The Kier molecular flexibility index (Phi) is 2.96. The zero-order chi connectivity index (χ0) is 14.2. The van der Waals surface area contributed by atoms with E-state index in [0.29, 0.717) is 19.0 Å². The lowest BCUT2D eigenvalue weighted by Crippen LogP contribution is -2.46. The standard InChI is InChI=1S/C15H15N3O2/c1-10-13(11-4-3-5-12(6-11)19-2)18-14(17-10)15(7-16)8-20-9-15/h3-6H,8-9H2,1-2H3,(H,17,18). The fourth-order valence-corrected chi connectivity index (χ4v) is 2.30. The minimum atomic E-state index is -0.623. The highest BCUT2D eigenvalue weighted by Crippen LogP contribution is 2.33. The molecule has 1 fully saturated rings. The van der Waals surface area contributed by atoms with Crippen molar-refractivity contribution in [1.82, 2.24) is 9.97 Å². The maximum atomic E-state index is 9.33. The average Bonchev–Trinajstić information content (AvgIpc) is 2.81. The van der Waals surface area contributed by atoms with E-state index in [0.717, 1.165) is 22.7 Å². The van der Waals surface area contributed by atoms with Gasteiger partial charge in [-0.05, 0) is 19.1 Å². The van der Waals surface area contributed by atoms with E-state index in [-0.39, 0.29) is 0 Å². The molecule has 5 nitrogen and oxygen atoms in total. The van der Waals surface area contributed by atoms with E-state index in [1.54, 1.807) is 7.11 Å². The van der Waals surface area contributed by atoms with Crippen LogP contribution in [0.3, 0.4) is 0 Å². The Balaban J connectivity index is 2.03. The van der Waals surface area contributed by atoms with Gasteiger partial charge in [0.25, 0.3) is 0 Å². The third-order valence-corrected chi connectivity index (χ3v) is 3.59. The Morgan fingerprint density at radius 3 is 2.85 bits per heavy atom. The van der Waals surface area contributed by atoms with E-state index in [1.807, 2.05) is 31.2 Å². The molecule has 20 heavy (non-hydrogen) atoms. The number of rotatable bonds is 3. The number of hydrogen-bond acceptors (Lipinski definition) is 4. The maximum Gasteiger partial charge on any atom is 0.161 e. The zero-order valence-corrected chi connectivity index (χ0v) is 11.4. The number of aryl methyl sites for hydroxylation is 1. The molecule has 0 saturated carbocycles. The Hall–Kier alpha value is -2.32. The first kappa shape index (κ1) is 12.7. The van der Waals surface area contributed by atoms with Crippen molar-refractivity contribution in [3.8, 4) is 23.1 Å². The summed E-state index contributed by atoms with van der Waals surface area (Å²) >= 11 is 0. The Labute approximate surface area is 117 Å². The molecule has 102 valence electrons. The number of aromatic nitrogens is 2. The number of nitrogens with one attached hydrogen (secondary N) is 1. The second-order valence-corrected chi connectivity index (χ2v) is 4.98. The summed E-state index contributed by atoms with van der Waals surface area (Å²) in [6.07, 6.45) is 0. The number of benzene rings is 1. The summed E-state index contributed by atoms with van der Waals surface area (Å²) in [6, 6.07) is 10.0. The largest absolute Gasteiger partial charge is 0.497 e. The number of hydrogen-bond donors (Lipinski definition) is 1. The molecule has 0 amide bonds. The summed E-state index contributed by atoms with van der Waals surface area (Å²) in [5.41, 5.74) is 2.13. The second-order valence-electron chi connectivity index (χ2n) is 4.98. The monoisotopic (exact) mass is 269 g/mol. The summed E-state index contributed by atoms with van der Waals surface area (Å²) < 4.78 is 10.4. The van der Waals surface area contributed by atoms with Crippen LogP contribution in [0.2, 0.25) is 0 Å². The molecule has 2 aromatic rings. The van der Waals surface area contributed by atoms with Crippen LogP contribution in [-0.4, -0.2) is 30.3 Å². The van der Waals surface area contributed by atoms with Gasteiger partial charge in [0.15, 0.2) is 5.41 Å². The van der Waals surface area contributed by atoms with Crippen LogP contribution in [0.5, 0.6) is 5.75 Å². The number of methoxy groups -OCH3 is 1. The van der Waals surface area contributed by atoms with Crippen molar-refractivity contribution >= 4 is 0 Å². The second kappa shape index (κ2) is 4.66. The minimum Gasteiger partial charge on any atom is -0.497 e. The smallest absolute Gasteiger partial charge is 0.161 e. The van der Waals surface area contributed by atoms with Gasteiger partial charge in [-0.1, -0.05) is 12.1 Å². The van der Waals surface area contributed by atoms with Crippen LogP contribution in [0.15, 0.2) is 24.3 Å². The van der Waals surface area contributed by atoms with Crippen LogP contribution in [-0.2, 0) is 10.2 Å². The number of nitrogens with zero attached hydrogens (tertiary/aromatic N) is 2. The lowest BCUT2D eigenvalue weighted by Gasteiger charge is -2.32. The molecule has 0 unspecified atom stereocenters. The highest BCUT2D eigenvalue weighted by Gasteiger charge is 2.44. The highest BCUT2D eigenvalue weighted by atomic mass is 16.5.